The fraction of sp³-hybridized carbons (Fsp3) is 0.550. The second-order valence-corrected chi connectivity index (χ2v) is 6.87. The Labute approximate surface area is 172 Å². The second-order valence-electron chi connectivity index (χ2n) is 6.87. The number of rotatable bonds is 7. The highest BCUT2D eigenvalue weighted by atomic mass is 16.5. The van der Waals surface area contributed by atoms with Crippen molar-refractivity contribution in [2.45, 2.75) is 26.6 Å². The minimum atomic E-state index is 0.613. The van der Waals surface area contributed by atoms with Crippen LogP contribution in [0.15, 0.2) is 29.5 Å². The van der Waals surface area contributed by atoms with Crippen LogP contribution in [-0.2, 0) is 19.6 Å². The molecule has 2 heterocycles. The van der Waals surface area contributed by atoms with Crippen LogP contribution < -0.4 is 14.8 Å². The maximum Gasteiger partial charge on any atom is 0.194 e. The van der Waals surface area contributed by atoms with Crippen molar-refractivity contribution in [1.29, 1.82) is 0 Å². The van der Waals surface area contributed by atoms with Gasteiger partial charge in [-0.3, -0.25) is 9.89 Å². The van der Waals surface area contributed by atoms with Crippen molar-refractivity contribution in [1.82, 2.24) is 29.9 Å². The standard InChI is InChI=1S/C20H31N7O2/c1-5-26-15-23-24-19(26)13-22-20(21-2)27-10-8-25(9-11-27)14-16-12-17(28-3)6-7-18(16)29-4/h6-7,12,15H,5,8-11,13-14H2,1-4H3,(H,21,22). The van der Waals surface area contributed by atoms with Gasteiger partial charge < -0.3 is 24.3 Å². The first-order valence-corrected chi connectivity index (χ1v) is 9.94. The number of nitrogens with zero attached hydrogens (tertiary/aromatic N) is 6. The molecule has 2 aromatic rings. The van der Waals surface area contributed by atoms with E-state index in [0.29, 0.717) is 6.54 Å². The molecule has 0 bridgehead atoms. The summed E-state index contributed by atoms with van der Waals surface area (Å²) < 4.78 is 12.9. The van der Waals surface area contributed by atoms with E-state index in [9.17, 15) is 0 Å². The van der Waals surface area contributed by atoms with E-state index in [0.717, 1.165) is 68.1 Å². The lowest BCUT2D eigenvalue weighted by Gasteiger charge is -2.36. The summed E-state index contributed by atoms with van der Waals surface area (Å²) in [4.78, 5) is 9.15. The molecule has 1 N–H and O–H groups in total. The predicted octanol–water partition coefficient (Wildman–Crippen LogP) is 1.21. The fourth-order valence-electron chi connectivity index (χ4n) is 3.53. The quantitative estimate of drug-likeness (QED) is 0.552. The lowest BCUT2D eigenvalue weighted by molar-refractivity contribution is 0.171. The summed E-state index contributed by atoms with van der Waals surface area (Å²) in [7, 11) is 5.21. The Morgan fingerprint density at radius 2 is 1.97 bits per heavy atom. The third-order valence-corrected chi connectivity index (χ3v) is 5.21. The van der Waals surface area contributed by atoms with Crippen LogP contribution in [0.25, 0.3) is 0 Å². The average molecular weight is 402 g/mol. The van der Waals surface area contributed by atoms with E-state index in [1.165, 1.54) is 0 Å². The number of aryl methyl sites for hydroxylation is 1. The normalized spacial score (nSPS) is 15.4. The zero-order valence-corrected chi connectivity index (χ0v) is 17.8. The molecule has 158 valence electrons. The molecule has 0 saturated carbocycles. The van der Waals surface area contributed by atoms with Crippen molar-refractivity contribution in [3.05, 3.63) is 35.9 Å². The summed E-state index contributed by atoms with van der Waals surface area (Å²) in [6, 6.07) is 5.94. The van der Waals surface area contributed by atoms with Crippen molar-refractivity contribution in [2.75, 3.05) is 47.4 Å². The molecule has 1 fully saturated rings. The smallest absolute Gasteiger partial charge is 0.194 e. The van der Waals surface area contributed by atoms with Crippen LogP contribution in [0.1, 0.15) is 18.3 Å². The molecular formula is C20H31N7O2. The number of aromatic nitrogens is 3. The number of methoxy groups -OCH3 is 2. The van der Waals surface area contributed by atoms with Gasteiger partial charge in [0.15, 0.2) is 11.8 Å². The zero-order valence-electron chi connectivity index (χ0n) is 17.8. The highest BCUT2D eigenvalue weighted by Gasteiger charge is 2.21. The Morgan fingerprint density at radius 1 is 1.17 bits per heavy atom. The molecule has 9 nitrogen and oxygen atoms in total. The molecule has 1 aliphatic rings. The number of hydrogen-bond acceptors (Lipinski definition) is 6. The summed E-state index contributed by atoms with van der Waals surface area (Å²) in [5, 5.41) is 11.6. The van der Waals surface area contributed by atoms with E-state index in [-0.39, 0.29) is 0 Å². The maximum atomic E-state index is 5.51. The summed E-state index contributed by atoms with van der Waals surface area (Å²) in [6.45, 7) is 8.10. The van der Waals surface area contributed by atoms with E-state index in [2.05, 4.69) is 43.3 Å². The SMILES string of the molecule is CCn1cnnc1CNC(=NC)N1CCN(Cc2cc(OC)ccc2OC)CC1. The Balaban J connectivity index is 1.54. The van der Waals surface area contributed by atoms with Crippen LogP contribution in [0, 0.1) is 0 Å². The van der Waals surface area contributed by atoms with Crippen LogP contribution in [-0.4, -0.2) is 78.0 Å². The Kier molecular flexibility index (Phi) is 7.29. The van der Waals surface area contributed by atoms with Gasteiger partial charge in [-0.05, 0) is 25.1 Å². The summed E-state index contributed by atoms with van der Waals surface area (Å²) in [6.07, 6.45) is 1.76. The summed E-state index contributed by atoms with van der Waals surface area (Å²) in [5.74, 6) is 3.56. The van der Waals surface area contributed by atoms with E-state index in [4.69, 9.17) is 9.47 Å². The first kappa shape index (κ1) is 20.9. The molecule has 0 amide bonds. The molecule has 1 saturated heterocycles. The number of benzene rings is 1. The number of aliphatic imine (C=N–C) groups is 1. The maximum absolute atomic E-state index is 5.51. The van der Waals surface area contributed by atoms with Gasteiger partial charge in [0.1, 0.15) is 17.8 Å². The molecule has 1 aromatic heterocycles. The molecule has 0 radical (unpaired) electrons. The van der Waals surface area contributed by atoms with Gasteiger partial charge in [-0.25, -0.2) is 0 Å². The van der Waals surface area contributed by atoms with Crippen LogP contribution in [0.3, 0.4) is 0 Å². The van der Waals surface area contributed by atoms with E-state index in [1.807, 2.05) is 23.7 Å². The van der Waals surface area contributed by atoms with Crippen molar-refractivity contribution in [3.63, 3.8) is 0 Å². The largest absolute Gasteiger partial charge is 0.497 e. The topological polar surface area (TPSA) is 80.0 Å². The van der Waals surface area contributed by atoms with E-state index in [1.54, 1.807) is 20.5 Å². The average Bonchev–Trinajstić information content (AvgIpc) is 3.22. The molecule has 1 aromatic carbocycles. The van der Waals surface area contributed by atoms with Gasteiger partial charge in [0.25, 0.3) is 0 Å². The van der Waals surface area contributed by atoms with Crippen molar-refractivity contribution < 1.29 is 9.47 Å². The Morgan fingerprint density at radius 3 is 2.62 bits per heavy atom. The number of nitrogens with one attached hydrogen (secondary N) is 1. The van der Waals surface area contributed by atoms with E-state index < -0.39 is 0 Å². The molecule has 3 rings (SSSR count). The first-order chi connectivity index (χ1) is 14.2. The number of guanidine groups is 1. The van der Waals surface area contributed by atoms with Crippen molar-refractivity contribution >= 4 is 5.96 Å². The highest BCUT2D eigenvalue weighted by Crippen LogP contribution is 2.25. The first-order valence-electron chi connectivity index (χ1n) is 9.94. The minimum Gasteiger partial charge on any atom is -0.497 e. The zero-order chi connectivity index (χ0) is 20.6. The summed E-state index contributed by atoms with van der Waals surface area (Å²) in [5.41, 5.74) is 1.14. The molecular weight excluding hydrogens is 370 g/mol. The number of ether oxygens (including phenoxy) is 2. The van der Waals surface area contributed by atoms with Gasteiger partial charge in [0, 0.05) is 51.9 Å². The Bertz CT molecular complexity index is 813. The Hall–Kier alpha value is -2.81. The van der Waals surface area contributed by atoms with Crippen LogP contribution in [0.5, 0.6) is 11.5 Å². The van der Waals surface area contributed by atoms with Crippen LogP contribution >= 0.6 is 0 Å². The molecule has 0 unspecified atom stereocenters. The minimum absolute atomic E-state index is 0.613. The monoisotopic (exact) mass is 401 g/mol. The third kappa shape index (κ3) is 5.17. The summed E-state index contributed by atoms with van der Waals surface area (Å²) >= 11 is 0. The lowest BCUT2D eigenvalue weighted by Crippen LogP contribution is -2.52. The third-order valence-electron chi connectivity index (χ3n) is 5.21. The molecule has 1 aliphatic heterocycles. The van der Waals surface area contributed by atoms with Gasteiger partial charge in [0.2, 0.25) is 0 Å². The van der Waals surface area contributed by atoms with Gasteiger partial charge in [-0.15, -0.1) is 10.2 Å². The van der Waals surface area contributed by atoms with Crippen molar-refractivity contribution in [3.8, 4) is 11.5 Å². The van der Waals surface area contributed by atoms with Gasteiger partial charge in [-0.2, -0.15) is 0 Å². The lowest BCUT2D eigenvalue weighted by atomic mass is 10.1. The molecule has 0 spiro atoms. The van der Waals surface area contributed by atoms with Crippen molar-refractivity contribution in [2.24, 2.45) is 4.99 Å². The highest BCUT2D eigenvalue weighted by molar-refractivity contribution is 5.79. The van der Waals surface area contributed by atoms with E-state index >= 15 is 0 Å². The van der Waals surface area contributed by atoms with Crippen LogP contribution in [0.2, 0.25) is 0 Å². The molecule has 9 heteroatoms. The molecule has 29 heavy (non-hydrogen) atoms. The molecule has 0 atom stereocenters. The van der Waals surface area contributed by atoms with Gasteiger partial charge in [0.05, 0.1) is 20.8 Å². The van der Waals surface area contributed by atoms with Gasteiger partial charge >= 0.3 is 0 Å². The number of piperazine rings is 1. The second kappa shape index (κ2) is 10.1. The number of hydrogen-bond donors (Lipinski definition) is 1. The van der Waals surface area contributed by atoms with Gasteiger partial charge in [-0.1, -0.05) is 0 Å². The predicted molar refractivity (Wildman–Crippen MR) is 112 cm³/mol. The van der Waals surface area contributed by atoms with Crippen LogP contribution in [0.4, 0.5) is 0 Å². The molecule has 0 aliphatic carbocycles. The fourth-order valence-corrected chi connectivity index (χ4v) is 3.53.